The maximum absolute atomic E-state index is 6.02. The molecule has 1 heterocycles. The smallest absolute Gasteiger partial charge is 0.193 e. The molecule has 1 aromatic carbocycles. The van der Waals surface area contributed by atoms with Crippen LogP contribution >= 0.6 is 24.0 Å². The van der Waals surface area contributed by atoms with E-state index in [4.69, 9.17) is 5.73 Å². The number of fused-ring (bicyclic) bond motifs is 1. The van der Waals surface area contributed by atoms with E-state index in [9.17, 15) is 0 Å². The van der Waals surface area contributed by atoms with Crippen LogP contribution in [0.25, 0.3) is 0 Å². The zero-order chi connectivity index (χ0) is 15.4. The summed E-state index contributed by atoms with van der Waals surface area (Å²) >= 11 is 0. The number of halogens is 1. The quantitative estimate of drug-likeness (QED) is 0.452. The fourth-order valence-corrected chi connectivity index (χ4v) is 2.84. The average molecular weight is 423 g/mol. The van der Waals surface area contributed by atoms with Crippen molar-refractivity contribution in [1.29, 1.82) is 0 Å². The van der Waals surface area contributed by atoms with Crippen molar-refractivity contribution >= 4 is 35.6 Å². The van der Waals surface area contributed by atoms with E-state index in [0.29, 0.717) is 12.5 Å². The Morgan fingerprint density at radius 1 is 1.26 bits per heavy atom. The molecule has 0 radical (unpaired) electrons. The summed E-state index contributed by atoms with van der Waals surface area (Å²) in [5, 5.41) is 3.24. The Hall–Kier alpha value is -1.70. The SMILES string of the molecule is Cc1nccc(CN=C(N)Nc2cccc3c2CCCC3)n1.I. The van der Waals surface area contributed by atoms with Gasteiger partial charge in [0, 0.05) is 11.9 Å². The minimum Gasteiger partial charge on any atom is -0.370 e. The average Bonchev–Trinajstić information content (AvgIpc) is 2.53. The highest BCUT2D eigenvalue weighted by Gasteiger charge is 2.13. The van der Waals surface area contributed by atoms with E-state index in [1.807, 2.05) is 13.0 Å². The molecule has 0 fully saturated rings. The lowest BCUT2D eigenvalue weighted by molar-refractivity contribution is 0.687. The summed E-state index contributed by atoms with van der Waals surface area (Å²) in [4.78, 5) is 12.8. The van der Waals surface area contributed by atoms with E-state index < -0.39 is 0 Å². The van der Waals surface area contributed by atoms with Gasteiger partial charge in [-0.15, -0.1) is 24.0 Å². The molecule has 122 valence electrons. The summed E-state index contributed by atoms with van der Waals surface area (Å²) in [6.45, 7) is 2.32. The number of hydrogen-bond donors (Lipinski definition) is 2. The summed E-state index contributed by atoms with van der Waals surface area (Å²) in [5.74, 6) is 1.17. The fourth-order valence-electron chi connectivity index (χ4n) is 2.84. The minimum absolute atomic E-state index is 0. The third-order valence-electron chi connectivity index (χ3n) is 3.90. The molecular weight excluding hydrogens is 401 g/mol. The van der Waals surface area contributed by atoms with Crippen LogP contribution in [-0.4, -0.2) is 15.9 Å². The number of aryl methyl sites for hydroxylation is 2. The number of benzene rings is 1. The number of anilines is 1. The monoisotopic (exact) mass is 423 g/mol. The molecule has 1 aliphatic rings. The number of hydrogen-bond acceptors (Lipinski definition) is 3. The summed E-state index contributed by atoms with van der Waals surface area (Å²) in [6.07, 6.45) is 6.51. The number of aromatic nitrogens is 2. The molecule has 0 unspecified atom stereocenters. The van der Waals surface area contributed by atoms with Crippen molar-refractivity contribution < 1.29 is 0 Å². The van der Waals surface area contributed by atoms with Crippen molar-refractivity contribution in [1.82, 2.24) is 9.97 Å². The van der Waals surface area contributed by atoms with E-state index >= 15 is 0 Å². The van der Waals surface area contributed by atoms with Crippen molar-refractivity contribution in [2.24, 2.45) is 10.7 Å². The Morgan fingerprint density at radius 3 is 2.91 bits per heavy atom. The van der Waals surface area contributed by atoms with Gasteiger partial charge in [0.05, 0.1) is 12.2 Å². The van der Waals surface area contributed by atoms with Gasteiger partial charge in [-0.3, -0.25) is 0 Å². The second-order valence-corrected chi connectivity index (χ2v) is 5.57. The van der Waals surface area contributed by atoms with Gasteiger partial charge in [-0.05, 0) is 55.9 Å². The topological polar surface area (TPSA) is 76.2 Å². The van der Waals surface area contributed by atoms with Gasteiger partial charge in [0.25, 0.3) is 0 Å². The summed E-state index contributed by atoms with van der Waals surface area (Å²) in [7, 11) is 0. The fraction of sp³-hybridized carbons (Fsp3) is 0.353. The first-order chi connectivity index (χ1) is 10.7. The van der Waals surface area contributed by atoms with Crippen LogP contribution in [0.15, 0.2) is 35.5 Å². The third-order valence-corrected chi connectivity index (χ3v) is 3.90. The van der Waals surface area contributed by atoms with Crippen LogP contribution in [0.1, 0.15) is 35.5 Å². The van der Waals surface area contributed by atoms with Crippen LogP contribution < -0.4 is 11.1 Å². The zero-order valence-electron chi connectivity index (χ0n) is 13.2. The van der Waals surface area contributed by atoms with E-state index in [0.717, 1.165) is 30.0 Å². The molecule has 2 aromatic rings. The molecule has 5 nitrogen and oxygen atoms in total. The van der Waals surface area contributed by atoms with Crippen molar-refractivity contribution in [3.8, 4) is 0 Å². The maximum Gasteiger partial charge on any atom is 0.193 e. The highest BCUT2D eigenvalue weighted by atomic mass is 127. The van der Waals surface area contributed by atoms with Crippen molar-refractivity contribution in [3.05, 3.63) is 53.1 Å². The first-order valence-corrected chi connectivity index (χ1v) is 7.68. The Labute approximate surface area is 153 Å². The summed E-state index contributed by atoms with van der Waals surface area (Å²) in [5.41, 5.74) is 10.8. The Kier molecular flexibility index (Phi) is 6.32. The molecule has 6 heteroatoms. The predicted octanol–water partition coefficient (Wildman–Crippen LogP) is 3.21. The van der Waals surface area contributed by atoms with Gasteiger partial charge in [0.15, 0.2) is 5.96 Å². The van der Waals surface area contributed by atoms with Gasteiger partial charge < -0.3 is 11.1 Å². The number of nitrogens with one attached hydrogen (secondary N) is 1. The molecule has 1 aromatic heterocycles. The molecular formula is C17H22IN5. The lowest BCUT2D eigenvalue weighted by Gasteiger charge is -2.19. The van der Waals surface area contributed by atoms with Crippen LogP contribution in [-0.2, 0) is 19.4 Å². The first kappa shape index (κ1) is 17.7. The molecule has 0 saturated carbocycles. The van der Waals surface area contributed by atoms with Gasteiger partial charge in [-0.2, -0.15) is 0 Å². The van der Waals surface area contributed by atoms with E-state index in [2.05, 4.69) is 38.5 Å². The summed E-state index contributed by atoms with van der Waals surface area (Å²) < 4.78 is 0. The molecule has 0 atom stereocenters. The number of nitrogens with two attached hydrogens (primary N) is 1. The Morgan fingerprint density at radius 2 is 2.09 bits per heavy atom. The number of guanidine groups is 1. The van der Waals surface area contributed by atoms with E-state index in [-0.39, 0.29) is 24.0 Å². The van der Waals surface area contributed by atoms with Crippen LogP contribution in [0.3, 0.4) is 0 Å². The van der Waals surface area contributed by atoms with Crippen molar-refractivity contribution in [2.75, 3.05) is 5.32 Å². The van der Waals surface area contributed by atoms with E-state index in [1.165, 1.54) is 24.0 Å². The molecule has 1 aliphatic carbocycles. The Bertz CT molecular complexity index is 699. The number of rotatable bonds is 3. The van der Waals surface area contributed by atoms with Crippen LogP contribution in [0.5, 0.6) is 0 Å². The normalized spacial score (nSPS) is 13.9. The third kappa shape index (κ3) is 4.63. The molecule has 0 spiro atoms. The summed E-state index contributed by atoms with van der Waals surface area (Å²) in [6, 6.07) is 8.21. The van der Waals surface area contributed by atoms with Crippen molar-refractivity contribution in [2.45, 2.75) is 39.2 Å². The second kappa shape index (κ2) is 8.24. The van der Waals surface area contributed by atoms with Crippen LogP contribution in [0.4, 0.5) is 5.69 Å². The number of aliphatic imine (C=N–C) groups is 1. The maximum atomic E-state index is 6.02. The molecule has 0 amide bonds. The molecule has 0 bridgehead atoms. The zero-order valence-corrected chi connectivity index (χ0v) is 15.6. The highest BCUT2D eigenvalue weighted by molar-refractivity contribution is 14.0. The van der Waals surface area contributed by atoms with Gasteiger partial charge in [0.1, 0.15) is 5.82 Å². The lowest BCUT2D eigenvalue weighted by Crippen LogP contribution is -2.24. The van der Waals surface area contributed by atoms with Gasteiger partial charge in [-0.25, -0.2) is 15.0 Å². The van der Waals surface area contributed by atoms with Crippen molar-refractivity contribution in [3.63, 3.8) is 0 Å². The molecule has 3 rings (SSSR count). The van der Waals surface area contributed by atoms with Gasteiger partial charge in [0.2, 0.25) is 0 Å². The standard InChI is InChI=1S/C17H21N5.HI/c1-12-19-10-9-14(21-12)11-20-17(18)22-16-8-4-6-13-5-2-3-7-15(13)16;/h4,6,8-10H,2-3,5,7,11H2,1H3,(H3,18,20,22);1H. The largest absolute Gasteiger partial charge is 0.370 e. The van der Waals surface area contributed by atoms with Crippen LogP contribution in [0.2, 0.25) is 0 Å². The first-order valence-electron chi connectivity index (χ1n) is 7.68. The number of nitrogens with zero attached hydrogens (tertiary/aromatic N) is 3. The van der Waals surface area contributed by atoms with Gasteiger partial charge in [-0.1, -0.05) is 12.1 Å². The van der Waals surface area contributed by atoms with Crippen LogP contribution in [0, 0.1) is 6.92 Å². The predicted molar refractivity (Wildman–Crippen MR) is 104 cm³/mol. The molecule has 0 saturated heterocycles. The van der Waals surface area contributed by atoms with Gasteiger partial charge >= 0.3 is 0 Å². The molecule has 23 heavy (non-hydrogen) atoms. The minimum atomic E-state index is 0. The Balaban J connectivity index is 0.00000192. The second-order valence-electron chi connectivity index (χ2n) is 5.57. The van der Waals surface area contributed by atoms with E-state index in [1.54, 1.807) is 6.20 Å². The molecule has 0 aliphatic heterocycles. The lowest BCUT2D eigenvalue weighted by atomic mass is 9.90. The highest BCUT2D eigenvalue weighted by Crippen LogP contribution is 2.27. The molecule has 3 N–H and O–H groups in total.